The van der Waals surface area contributed by atoms with E-state index >= 15 is 0 Å². The predicted octanol–water partition coefficient (Wildman–Crippen LogP) is 6.26. The van der Waals surface area contributed by atoms with Crippen LogP contribution < -0.4 is 14.8 Å². The molecule has 4 aromatic heterocycles. The van der Waals surface area contributed by atoms with Crippen molar-refractivity contribution < 1.29 is 9.15 Å². The first kappa shape index (κ1) is 25.7. The van der Waals surface area contributed by atoms with Gasteiger partial charge in [0.1, 0.15) is 17.0 Å². The van der Waals surface area contributed by atoms with Gasteiger partial charge in [0.15, 0.2) is 11.6 Å². The van der Waals surface area contributed by atoms with Crippen molar-refractivity contribution in [2.24, 2.45) is 0 Å². The summed E-state index contributed by atoms with van der Waals surface area (Å²) in [5.41, 5.74) is 3.83. The van der Waals surface area contributed by atoms with Crippen LogP contribution in [0.1, 0.15) is 30.3 Å². The minimum atomic E-state index is -0.234. The number of aromatic nitrogens is 5. The lowest BCUT2D eigenvalue weighted by Gasteiger charge is -2.03. The van der Waals surface area contributed by atoms with Gasteiger partial charge >= 0.3 is 0 Å². The summed E-state index contributed by atoms with van der Waals surface area (Å²) in [5.74, 6) is 1.93. The third-order valence-corrected chi connectivity index (χ3v) is 7.64. The second-order valence-corrected chi connectivity index (χ2v) is 10.7. The smallest absolute Gasteiger partial charge is 0.291 e. The Hall–Kier alpha value is -5.28. The van der Waals surface area contributed by atoms with Crippen molar-refractivity contribution in [3.63, 3.8) is 0 Å². The van der Waals surface area contributed by atoms with Crippen LogP contribution in [0.2, 0.25) is 0 Å². The molecule has 0 unspecified atom stereocenters. The largest absolute Gasteiger partial charge is 0.494 e. The van der Waals surface area contributed by atoms with E-state index in [2.05, 4.69) is 17.0 Å². The maximum Gasteiger partial charge on any atom is 0.291 e. The molecule has 206 valence electrons. The Labute approximate surface area is 244 Å². The van der Waals surface area contributed by atoms with Crippen molar-refractivity contribution in [2.75, 3.05) is 6.61 Å². The number of ether oxygens (including phenoxy) is 1. The fourth-order valence-electron chi connectivity index (χ4n) is 4.62. The molecule has 42 heavy (non-hydrogen) atoms. The molecule has 3 aromatic carbocycles. The maximum absolute atomic E-state index is 13.4. The molecule has 0 aliphatic rings. The highest BCUT2D eigenvalue weighted by Crippen LogP contribution is 2.30. The minimum absolute atomic E-state index is 0.234. The van der Waals surface area contributed by atoms with Crippen LogP contribution in [-0.4, -0.2) is 31.0 Å². The van der Waals surface area contributed by atoms with Crippen LogP contribution in [0.25, 0.3) is 51.3 Å². The van der Waals surface area contributed by atoms with Crippen molar-refractivity contribution in [1.29, 1.82) is 0 Å². The van der Waals surface area contributed by atoms with Crippen molar-refractivity contribution in [1.82, 2.24) is 24.4 Å². The van der Waals surface area contributed by atoms with Crippen molar-refractivity contribution >= 4 is 45.5 Å². The van der Waals surface area contributed by atoms with Gasteiger partial charge in [-0.2, -0.15) is 14.6 Å². The topological polar surface area (TPSA) is 87.5 Å². The molecule has 0 amide bonds. The third-order valence-electron chi connectivity index (χ3n) is 6.68. The molecule has 9 heteroatoms. The Kier molecular flexibility index (Phi) is 6.69. The molecule has 8 nitrogen and oxygen atoms in total. The lowest BCUT2D eigenvalue weighted by molar-refractivity contribution is 0.317. The van der Waals surface area contributed by atoms with Crippen LogP contribution in [0.4, 0.5) is 0 Å². The second kappa shape index (κ2) is 10.9. The Bertz CT molecular complexity index is 2120. The summed E-state index contributed by atoms with van der Waals surface area (Å²) in [5, 5.41) is 10.3. The third kappa shape index (κ3) is 5.02. The van der Waals surface area contributed by atoms with Crippen LogP contribution in [0.3, 0.4) is 0 Å². The summed E-state index contributed by atoms with van der Waals surface area (Å²) >= 11 is 1.29. The Balaban J connectivity index is 1.23. The summed E-state index contributed by atoms with van der Waals surface area (Å²) in [6.45, 7) is 2.77. The van der Waals surface area contributed by atoms with Gasteiger partial charge in [-0.15, -0.1) is 5.10 Å². The number of fused-ring (bicyclic) bond motifs is 2. The van der Waals surface area contributed by atoms with E-state index in [1.807, 2.05) is 103 Å². The van der Waals surface area contributed by atoms with E-state index in [0.717, 1.165) is 40.0 Å². The van der Waals surface area contributed by atoms with Gasteiger partial charge in [-0.3, -0.25) is 4.79 Å². The van der Waals surface area contributed by atoms with E-state index in [0.29, 0.717) is 33.4 Å². The van der Waals surface area contributed by atoms with Crippen LogP contribution in [-0.2, 0) is 0 Å². The van der Waals surface area contributed by atoms with Gasteiger partial charge in [0.05, 0.1) is 16.8 Å². The standard InChI is InChI=1S/C33H25N5O3S/c1-2-18-40-26-15-12-22(13-16-26)14-17-30-34-33-38(35-30)32(39)29(42-33)20-24-21-37(25-9-4-3-5-10-25)36-31(24)28-19-23-8-6-7-11-27(23)41-28/h3-17,19-21H,2,18H2,1H3/b17-14+,29-20-. The van der Waals surface area contributed by atoms with Gasteiger partial charge in [0, 0.05) is 17.1 Å². The summed E-state index contributed by atoms with van der Waals surface area (Å²) in [6.07, 6.45) is 8.41. The predicted molar refractivity (Wildman–Crippen MR) is 166 cm³/mol. The lowest BCUT2D eigenvalue weighted by atomic mass is 10.2. The number of para-hydroxylation sites is 2. The molecule has 0 aliphatic carbocycles. The van der Waals surface area contributed by atoms with E-state index in [-0.39, 0.29) is 5.56 Å². The van der Waals surface area contributed by atoms with Crippen molar-refractivity contribution in [2.45, 2.75) is 13.3 Å². The molecule has 7 aromatic rings. The zero-order valence-corrected chi connectivity index (χ0v) is 23.5. The zero-order chi connectivity index (χ0) is 28.5. The van der Waals surface area contributed by atoms with Gasteiger partial charge in [-0.1, -0.05) is 72.9 Å². The first-order valence-electron chi connectivity index (χ1n) is 13.6. The fourth-order valence-corrected chi connectivity index (χ4v) is 5.53. The first-order chi connectivity index (χ1) is 20.6. The molecule has 0 radical (unpaired) electrons. The van der Waals surface area contributed by atoms with Gasteiger partial charge < -0.3 is 9.15 Å². The number of hydrogen-bond acceptors (Lipinski definition) is 7. The van der Waals surface area contributed by atoms with Crippen LogP contribution >= 0.6 is 11.3 Å². The average molecular weight is 572 g/mol. The van der Waals surface area contributed by atoms with Gasteiger partial charge in [-0.25, -0.2) is 4.68 Å². The highest BCUT2D eigenvalue weighted by atomic mass is 32.1. The first-order valence-corrected chi connectivity index (χ1v) is 14.4. The molecule has 0 aliphatic heterocycles. The van der Waals surface area contributed by atoms with Crippen molar-refractivity contribution in [3.05, 3.63) is 123 Å². The number of nitrogens with zero attached hydrogens (tertiary/aromatic N) is 5. The van der Waals surface area contributed by atoms with E-state index in [4.69, 9.17) is 14.3 Å². The molecular weight excluding hydrogens is 546 g/mol. The molecule has 0 saturated carbocycles. The maximum atomic E-state index is 13.4. The summed E-state index contributed by atoms with van der Waals surface area (Å²) < 4.78 is 15.4. The van der Waals surface area contributed by atoms with E-state index < -0.39 is 0 Å². The van der Waals surface area contributed by atoms with Gasteiger partial charge in [-0.05, 0) is 60.5 Å². The molecule has 0 spiro atoms. The van der Waals surface area contributed by atoms with Crippen LogP contribution in [0.15, 0.2) is 100 Å². The Morgan fingerprint density at radius 2 is 1.76 bits per heavy atom. The number of hydrogen-bond donors (Lipinski definition) is 0. The van der Waals surface area contributed by atoms with E-state index in [1.165, 1.54) is 15.9 Å². The number of rotatable bonds is 8. The molecule has 4 heterocycles. The minimum Gasteiger partial charge on any atom is -0.494 e. The molecule has 0 fully saturated rings. The van der Waals surface area contributed by atoms with E-state index in [9.17, 15) is 4.79 Å². The highest BCUT2D eigenvalue weighted by molar-refractivity contribution is 7.15. The quantitative estimate of drug-likeness (QED) is 0.214. The molecule has 0 saturated heterocycles. The number of benzene rings is 3. The molecular formula is C33H25N5O3S. The fraction of sp³-hybridized carbons (Fsp3) is 0.0909. The Morgan fingerprint density at radius 3 is 2.55 bits per heavy atom. The summed E-state index contributed by atoms with van der Waals surface area (Å²) in [4.78, 5) is 18.5. The average Bonchev–Trinajstić information content (AvgIpc) is 3.80. The highest BCUT2D eigenvalue weighted by Gasteiger charge is 2.17. The summed E-state index contributed by atoms with van der Waals surface area (Å²) in [6, 6.07) is 27.4. The SMILES string of the molecule is CCCOc1ccc(/C=C/c2nc3s/c(=C\c4cn(-c5ccccc5)nc4-c4cc5ccccc5o4)c(=O)n3n2)cc1. The monoisotopic (exact) mass is 571 g/mol. The van der Waals surface area contributed by atoms with E-state index in [1.54, 1.807) is 10.8 Å². The molecule has 0 N–H and O–H groups in total. The normalized spacial score (nSPS) is 12.3. The molecule has 7 rings (SSSR count). The van der Waals surface area contributed by atoms with Gasteiger partial charge in [0.2, 0.25) is 4.96 Å². The lowest BCUT2D eigenvalue weighted by Crippen LogP contribution is -2.23. The molecule has 0 atom stereocenters. The second-order valence-electron chi connectivity index (χ2n) is 9.69. The van der Waals surface area contributed by atoms with Gasteiger partial charge in [0.25, 0.3) is 5.56 Å². The number of thiazole rings is 1. The number of furan rings is 1. The van der Waals surface area contributed by atoms with Crippen LogP contribution in [0.5, 0.6) is 5.75 Å². The zero-order valence-electron chi connectivity index (χ0n) is 22.7. The summed E-state index contributed by atoms with van der Waals surface area (Å²) in [7, 11) is 0. The molecule has 0 bridgehead atoms. The Morgan fingerprint density at radius 1 is 0.952 bits per heavy atom. The van der Waals surface area contributed by atoms with Crippen molar-refractivity contribution in [3.8, 4) is 22.9 Å². The van der Waals surface area contributed by atoms with Crippen LogP contribution in [0, 0.1) is 0 Å².